The van der Waals surface area contributed by atoms with Gasteiger partial charge in [0.25, 0.3) is 0 Å². The van der Waals surface area contributed by atoms with Crippen LogP contribution in [0.2, 0.25) is 5.02 Å². The van der Waals surface area contributed by atoms with Crippen molar-refractivity contribution in [3.63, 3.8) is 0 Å². The first-order valence-electron chi connectivity index (χ1n) is 16.2. The molecule has 7 N–H and O–H groups in total. The number of nitrogens with one attached hydrogen (secondary N) is 1. The maximum Gasteiger partial charge on any atom is 0.408 e. The number of nitriles is 2. The summed E-state index contributed by atoms with van der Waals surface area (Å²) in [5.74, 6) is 0. The summed E-state index contributed by atoms with van der Waals surface area (Å²) in [5.41, 5.74) is 16.9. The lowest BCUT2D eigenvalue weighted by molar-refractivity contribution is 0.0482. The minimum absolute atomic E-state index is 0.142. The van der Waals surface area contributed by atoms with Crippen LogP contribution in [0.15, 0.2) is 24.3 Å². The van der Waals surface area contributed by atoms with Crippen molar-refractivity contribution in [1.82, 2.24) is 5.32 Å². The Labute approximate surface area is 274 Å². The smallest absolute Gasteiger partial charge is 0.408 e. The van der Waals surface area contributed by atoms with Crippen LogP contribution in [-0.2, 0) is 4.74 Å². The largest absolute Gasteiger partial charge is 0.444 e. The molecule has 0 saturated heterocycles. The van der Waals surface area contributed by atoms with E-state index < -0.39 is 22.8 Å². The fraction of sp³-hybridized carbons (Fsp3) is 0.743. The molecule has 0 aliphatic carbocycles. The molecule has 1 aromatic rings. The van der Waals surface area contributed by atoms with Gasteiger partial charge in [-0.15, -0.1) is 0 Å². The maximum absolute atomic E-state index is 11.6. The quantitative estimate of drug-likeness (QED) is 0.140. The van der Waals surface area contributed by atoms with Crippen LogP contribution in [0.1, 0.15) is 151 Å². The topological polar surface area (TPSA) is 164 Å². The Morgan fingerprint density at radius 1 is 0.818 bits per heavy atom. The number of halogens is 1. The van der Waals surface area contributed by atoms with Gasteiger partial charge < -0.3 is 27.3 Å². The second-order valence-corrected chi connectivity index (χ2v) is 13.9. The Morgan fingerprint density at radius 3 is 1.68 bits per heavy atom. The Bertz CT molecular complexity index is 992. The van der Waals surface area contributed by atoms with Gasteiger partial charge in [0.05, 0.1) is 12.1 Å². The van der Waals surface area contributed by atoms with Crippen molar-refractivity contribution >= 4 is 17.7 Å². The van der Waals surface area contributed by atoms with E-state index in [1.807, 2.05) is 31.2 Å². The highest BCUT2D eigenvalue weighted by Crippen LogP contribution is 2.27. The SMILES string of the molecule is CCCCCC(C)(C#N)NC(=O)OC(C)(C)C.CCCCCC(C)(N)C#N.CCCCCC(C)(N)C(N)c1ccc(Cl)cc1. The van der Waals surface area contributed by atoms with E-state index in [0.717, 1.165) is 55.5 Å². The number of nitrogens with zero attached hydrogens (tertiary/aromatic N) is 2. The molecule has 1 aromatic carbocycles. The average molecular weight is 635 g/mol. The second kappa shape index (κ2) is 22.2. The fourth-order valence-corrected chi connectivity index (χ4v) is 4.29. The van der Waals surface area contributed by atoms with Crippen molar-refractivity contribution in [3.05, 3.63) is 34.9 Å². The number of amides is 1. The molecular weight excluding hydrogens is 572 g/mol. The Balaban J connectivity index is 0. The summed E-state index contributed by atoms with van der Waals surface area (Å²) in [6.45, 7) is 17.4. The number of carbonyl (C=O) groups excluding carboxylic acids is 1. The van der Waals surface area contributed by atoms with Crippen molar-refractivity contribution in [2.45, 2.75) is 168 Å². The lowest BCUT2D eigenvalue weighted by atomic mass is 9.84. The summed E-state index contributed by atoms with van der Waals surface area (Å²) in [6, 6.07) is 11.7. The van der Waals surface area contributed by atoms with Crippen molar-refractivity contribution in [2.24, 2.45) is 17.2 Å². The second-order valence-electron chi connectivity index (χ2n) is 13.5. The van der Waals surface area contributed by atoms with E-state index in [4.69, 9.17) is 44.1 Å². The van der Waals surface area contributed by atoms with E-state index in [1.54, 1.807) is 34.6 Å². The number of rotatable bonds is 15. The summed E-state index contributed by atoms with van der Waals surface area (Å²) in [7, 11) is 0. The van der Waals surface area contributed by atoms with Gasteiger partial charge in [-0.1, -0.05) is 102 Å². The summed E-state index contributed by atoms with van der Waals surface area (Å²) in [4.78, 5) is 11.6. The highest BCUT2D eigenvalue weighted by Gasteiger charge is 2.29. The number of hydrogen-bond acceptors (Lipinski definition) is 7. The van der Waals surface area contributed by atoms with Crippen LogP contribution in [0.5, 0.6) is 0 Å². The van der Waals surface area contributed by atoms with Gasteiger partial charge in [0.1, 0.15) is 16.7 Å². The third kappa shape index (κ3) is 22.2. The lowest BCUT2D eigenvalue weighted by Crippen LogP contribution is -2.46. The normalized spacial score (nSPS) is 15.6. The van der Waals surface area contributed by atoms with Gasteiger partial charge in [0, 0.05) is 16.6 Å². The first kappa shape index (κ1) is 43.8. The number of ether oxygens (including phenoxy) is 1. The number of hydrogen-bond donors (Lipinski definition) is 4. The number of nitrogens with two attached hydrogens (primary N) is 3. The van der Waals surface area contributed by atoms with Crippen LogP contribution in [0, 0.1) is 22.7 Å². The number of carbonyl (C=O) groups is 1. The predicted molar refractivity (Wildman–Crippen MR) is 185 cm³/mol. The minimum atomic E-state index is -0.836. The molecule has 0 bridgehead atoms. The fourth-order valence-electron chi connectivity index (χ4n) is 4.16. The molecule has 0 heterocycles. The molecule has 4 atom stereocenters. The van der Waals surface area contributed by atoms with E-state index in [1.165, 1.54) is 25.7 Å². The Morgan fingerprint density at radius 2 is 1.27 bits per heavy atom. The molecular formula is C35H63ClN6O2. The van der Waals surface area contributed by atoms with Crippen LogP contribution >= 0.6 is 11.6 Å². The summed E-state index contributed by atoms with van der Waals surface area (Å²) < 4.78 is 5.14. The summed E-state index contributed by atoms with van der Waals surface area (Å²) >= 11 is 5.86. The van der Waals surface area contributed by atoms with Crippen molar-refractivity contribution < 1.29 is 9.53 Å². The van der Waals surface area contributed by atoms with Crippen molar-refractivity contribution in [1.29, 1.82) is 10.5 Å². The van der Waals surface area contributed by atoms with Crippen LogP contribution < -0.4 is 22.5 Å². The minimum Gasteiger partial charge on any atom is -0.444 e. The van der Waals surface area contributed by atoms with E-state index in [-0.39, 0.29) is 11.6 Å². The zero-order valence-corrected chi connectivity index (χ0v) is 29.9. The predicted octanol–water partition coefficient (Wildman–Crippen LogP) is 8.82. The molecule has 4 unspecified atom stereocenters. The highest BCUT2D eigenvalue weighted by atomic mass is 35.5. The molecule has 0 aliphatic heterocycles. The molecule has 0 aliphatic rings. The molecule has 252 valence electrons. The number of benzene rings is 1. The molecule has 0 aromatic heterocycles. The van der Waals surface area contributed by atoms with Crippen LogP contribution in [0.4, 0.5) is 4.79 Å². The van der Waals surface area contributed by atoms with E-state index in [0.29, 0.717) is 6.42 Å². The standard InChI is InChI=1S/C14H23ClN2.C13H24N2O2.C8H16N2/c1-3-4-5-10-14(2,17)13(16)11-6-8-12(15)9-7-11;1-6-7-8-9-13(5,10-14)15-11(16)17-12(2,3)4;1-3-4-5-6-8(2,10)7-9/h6-9,13H,3-5,10,16-17H2,1-2H3;6-9H2,1-5H3,(H,15,16);3-6,10H2,1-2H3. The molecule has 0 fully saturated rings. The van der Waals surface area contributed by atoms with Gasteiger partial charge in [-0.25, -0.2) is 4.79 Å². The number of alkyl carbamates (subject to hydrolysis) is 1. The maximum atomic E-state index is 11.6. The van der Waals surface area contributed by atoms with Gasteiger partial charge in [0.15, 0.2) is 0 Å². The van der Waals surface area contributed by atoms with Gasteiger partial charge in [-0.3, -0.25) is 0 Å². The molecule has 9 heteroatoms. The van der Waals surface area contributed by atoms with Crippen LogP contribution in [-0.4, -0.2) is 28.3 Å². The van der Waals surface area contributed by atoms with Gasteiger partial charge in [-0.05, 0) is 78.5 Å². The molecule has 44 heavy (non-hydrogen) atoms. The lowest BCUT2D eigenvalue weighted by Gasteiger charge is -2.32. The van der Waals surface area contributed by atoms with Crippen LogP contribution in [0.3, 0.4) is 0 Å². The average Bonchev–Trinajstić information content (AvgIpc) is 2.93. The zero-order chi connectivity index (χ0) is 34.5. The first-order chi connectivity index (χ1) is 20.3. The zero-order valence-electron chi connectivity index (χ0n) is 29.2. The van der Waals surface area contributed by atoms with Gasteiger partial charge >= 0.3 is 6.09 Å². The molecule has 0 radical (unpaired) electrons. The molecule has 0 spiro atoms. The Kier molecular flexibility index (Phi) is 22.1. The van der Waals surface area contributed by atoms with Crippen molar-refractivity contribution in [2.75, 3.05) is 0 Å². The first-order valence-corrected chi connectivity index (χ1v) is 16.6. The number of unbranched alkanes of at least 4 members (excludes halogenated alkanes) is 6. The molecule has 1 rings (SSSR count). The van der Waals surface area contributed by atoms with Gasteiger partial charge in [0.2, 0.25) is 0 Å². The third-order valence-electron chi connectivity index (χ3n) is 7.12. The van der Waals surface area contributed by atoms with Crippen molar-refractivity contribution in [3.8, 4) is 12.1 Å². The molecule has 0 saturated carbocycles. The third-order valence-corrected chi connectivity index (χ3v) is 7.37. The summed E-state index contributed by atoms with van der Waals surface area (Å²) in [5, 5.41) is 21.0. The van der Waals surface area contributed by atoms with E-state index in [9.17, 15) is 4.79 Å². The molecule has 8 nitrogen and oxygen atoms in total. The molecule has 1 amide bonds. The highest BCUT2D eigenvalue weighted by molar-refractivity contribution is 6.30. The summed E-state index contributed by atoms with van der Waals surface area (Å²) in [6.07, 6.45) is 11.9. The van der Waals surface area contributed by atoms with Gasteiger partial charge in [-0.2, -0.15) is 10.5 Å². The van der Waals surface area contributed by atoms with Crippen LogP contribution in [0.25, 0.3) is 0 Å². The Hall–Kier alpha value is -2.36. The monoisotopic (exact) mass is 634 g/mol. The van der Waals surface area contributed by atoms with E-state index in [2.05, 4.69) is 38.2 Å². The van der Waals surface area contributed by atoms with E-state index >= 15 is 0 Å².